The molecule has 5 rings (SSSR count). The summed E-state index contributed by atoms with van der Waals surface area (Å²) in [7, 11) is 0. The summed E-state index contributed by atoms with van der Waals surface area (Å²) in [5.74, 6) is -0.737. The summed E-state index contributed by atoms with van der Waals surface area (Å²) in [6.45, 7) is 0. The van der Waals surface area contributed by atoms with Crippen LogP contribution < -0.4 is 21.7 Å². The standard InChI is InChI=1S/C29H23N5O2/c30-28(35)19-12-13-26-25(17-19)27(14-15-31-26)33-22-9-4-6-20(16-22)29(36)34-24-11-5-10-23(18-24)32-21-7-2-1-3-8-21/h1-18,32H,(H2,30,35)(H,31,33)(H,34,36). The van der Waals surface area contributed by atoms with Crippen molar-refractivity contribution in [2.75, 3.05) is 16.0 Å². The van der Waals surface area contributed by atoms with Gasteiger partial charge in [-0.1, -0.05) is 30.3 Å². The normalized spacial score (nSPS) is 10.6. The van der Waals surface area contributed by atoms with Crippen molar-refractivity contribution < 1.29 is 9.59 Å². The Balaban J connectivity index is 1.34. The smallest absolute Gasteiger partial charge is 0.255 e. The van der Waals surface area contributed by atoms with Gasteiger partial charge in [0.15, 0.2) is 0 Å². The molecule has 0 saturated heterocycles. The maximum Gasteiger partial charge on any atom is 0.255 e. The van der Waals surface area contributed by atoms with Crippen LogP contribution in [0.15, 0.2) is 109 Å². The van der Waals surface area contributed by atoms with Crippen LogP contribution in [0.25, 0.3) is 10.9 Å². The van der Waals surface area contributed by atoms with E-state index in [-0.39, 0.29) is 5.91 Å². The summed E-state index contributed by atoms with van der Waals surface area (Å²) in [6, 6.07) is 31.5. The van der Waals surface area contributed by atoms with E-state index in [9.17, 15) is 9.59 Å². The molecule has 7 nitrogen and oxygen atoms in total. The summed E-state index contributed by atoms with van der Waals surface area (Å²) < 4.78 is 0. The lowest BCUT2D eigenvalue weighted by atomic mass is 10.1. The van der Waals surface area contributed by atoms with Gasteiger partial charge in [-0.25, -0.2) is 0 Å². The number of carbonyl (C=O) groups is 2. The van der Waals surface area contributed by atoms with Crippen molar-refractivity contribution in [3.05, 3.63) is 120 Å². The second-order valence-corrected chi connectivity index (χ2v) is 8.19. The quantitative estimate of drug-likeness (QED) is 0.229. The molecule has 0 saturated carbocycles. The van der Waals surface area contributed by atoms with Crippen molar-refractivity contribution in [1.82, 2.24) is 4.98 Å². The first kappa shape index (κ1) is 22.6. The number of nitrogens with zero attached hydrogens (tertiary/aromatic N) is 1. The first-order valence-electron chi connectivity index (χ1n) is 11.3. The van der Waals surface area contributed by atoms with Gasteiger partial charge >= 0.3 is 0 Å². The second-order valence-electron chi connectivity index (χ2n) is 8.19. The maximum absolute atomic E-state index is 13.0. The number of amides is 2. The molecule has 176 valence electrons. The molecular weight excluding hydrogens is 450 g/mol. The molecule has 0 unspecified atom stereocenters. The van der Waals surface area contributed by atoms with Crippen LogP contribution >= 0.6 is 0 Å². The monoisotopic (exact) mass is 473 g/mol. The Labute approximate surface area is 208 Å². The van der Waals surface area contributed by atoms with Gasteiger partial charge in [0.05, 0.1) is 5.52 Å². The average Bonchev–Trinajstić information content (AvgIpc) is 2.89. The van der Waals surface area contributed by atoms with Crippen LogP contribution in [0.1, 0.15) is 20.7 Å². The van der Waals surface area contributed by atoms with Gasteiger partial charge in [-0.2, -0.15) is 0 Å². The van der Waals surface area contributed by atoms with Gasteiger partial charge in [0.2, 0.25) is 5.91 Å². The SMILES string of the molecule is NC(=O)c1ccc2nccc(Nc3cccc(C(=O)Nc4cccc(Nc5ccccc5)c4)c3)c2c1. The summed E-state index contributed by atoms with van der Waals surface area (Å²) in [6.07, 6.45) is 1.68. The van der Waals surface area contributed by atoms with Crippen LogP contribution in [0, 0.1) is 0 Å². The number of nitrogens with one attached hydrogen (secondary N) is 3. The topological polar surface area (TPSA) is 109 Å². The van der Waals surface area contributed by atoms with E-state index in [0.717, 1.165) is 33.7 Å². The predicted octanol–water partition coefficient (Wildman–Crippen LogP) is 6.07. The third kappa shape index (κ3) is 5.15. The minimum absolute atomic E-state index is 0.230. The summed E-state index contributed by atoms with van der Waals surface area (Å²) >= 11 is 0. The van der Waals surface area contributed by atoms with E-state index >= 15 is 0 Å². The van der Waals surface area contributed by atoms with Crippen LogP contribution in [-0.4, -0.2) is 16.8 Å². The number of primary amides is 1. The van der Waals surface area contributed by atoms with Crippen molar-refractivity contribution in [2.24, 2.45) is 5.73 Å². The van der Waals surface area contributed by atoms with Gasteiger partial charge in [0, 0.05) is 51.1 Å². The number of carbonyl (C=O) groups excluding carboxylic acids is 2. The average molecular weight is 474 g/mol. The highest BCUT2D eigenvalue weighted by molar-refractivity contribution is 6.05. The van der Waals surface area contributed by atoms with Gasteiger partial charge in [0.25, 0.3) is 5.91 Å². The molecule has 5 N–H and O–H groups in total. The zero-order valence-corrected chi connectivity index (χ0v) is 19.2. The van der Waals surface area contributed by atoms with Crippen molar-refractivity contribution >= 4 is 51.2 Å². The zero-order valence-electron chi connectivity index (χ0n) is 19.2. The van der Waals surface area contributed by atoms with Gasteiger partial charge in [-0.3, -0.25) is 14.6 Å². The molecule has 1 heterocycles. The second kappa shape index (κ2) is 9.99. The zero-order chi connectivity index (χ0) is 24.9. The number of fused-ring (bicyclic) bond motifs is 1. The van der Waals surface area contributed by atoms with E-state index < -0.39 is 5.91 Å². The van der Waals surface area contributed by atoms with E-state index in [4.69, 9.17) is 5.73 Å². The van der Waals surface area contributed by atoms with Crippen molar-refractivity contribution in [3.63, 3.8) is 0 Å². The highest BCUT2D eigenvalue weighted by atomic mass is 16.2. The Morgan fingerprint density at radius 3 is 2.17 bits per heavy atom. The molecule has 0 aliphatic rings. The van der Waals surface area contributed by atoms with Gasteiger partial charge in [0.1, 0.15) is 0 Å². The molecule has 4 aromatic carbocycles. The largest absolute Gasteiger partial charge is 0.366 e. The summed E-state index contributed by atoms with van der Waals surface area (Å²) in [5.41, 5.74) is 11.0. The van der Waals surface area contributed by atoms with E-state index in [1.54, 1.807) is 36.5 Å². The third-order valence-corrected chi connectivity index (χ3v) is 5.61. The first-order chi connectivity index (χ1) is 17.5. The molecule has 0 radical (unpaired) electrons. The highest BCUT2D eigenvalue weighted by Crippen LogP contribution is 2.27. The Morgan fingerprint density at radius 2 is 1.36 bits per heavy atom. The van der Waals surface area contributed by atoms with Gasteiger partial charge in [-0.15, -0.1) is 0 Å². The molecule has 5 aromatic rings. The molecule has 0 aliphatic carbocycles. The van der Waals surface area contributed by atoms with Crippen LogP contribution in [0.2, 0.25) is 0 Å². The molecule has 36 heavy (non-hydrogen) atoms. The maximum atomic E-state index is 13.0. The molecule has 1 aromatic heterocycles. The van der Waals surface area contributed by atoms with Crippen LogP contribution in [0.4, 0.5) is 28.4 Å². The fourth-order valence-electron chi connectivity index (χ4n) is 3.87. The lowest BCUT2D eigenvalue weighted by Crippen LogP contribution is -2.12. The number of hydrogen-bond donors (Lipinski definition) is 4. The fourth-order valence-corrected chi connectivity index (χ4v) is 3.87. The van der Waals surface area contributed by atoms with Gasteiger partial charge in [-0.05, 0) is 72.8 Å². The molecular formula is C29H23N5O2. The molecule has 0 aliphatic heterocycles. The number of rotatable bonds is 7. The minimum atomic E-state index is -0.506. The van der Waals surface area contributed by atoms with E-state index in [2.05, 4.69) is 20.9 Å². The number of hydrogen-bond acceptors (Lipinski definition) is 5. The molecule has 0 fully saturated rings. The number of nitrogens with two attached hydrogens (primary N) is 1. The van der Waals surface area contributed by atoms with E-state index in [1.165, 1.54) is 0 Å². The van der Waals surface area contributed by atoms with Crippen LogP contribution in [0.3, 0.4) is 0 Å². The molecule has 7 heteroatoms. The van der Waals surface area contributed by atoms with Crippen LogP contribution in [-0.2, 0) is 0 Å². The number of pyridine rings is 1. The fraction of sp³-hybridized carbons (Fsp3) is 0. The lowest BCUT2D eigenvalue weighted by molar-refractivity contribution is 0.0997. The first-order valence-corrected chi connectivity index (χ1v) is 11.3. The van der Waals surface area contributed by atoms with Gasteiger partial charge < -0.3 is 21.7 Å². The van der Waals surface area contributed by atoms with E-state index in [0.29, 0.717) is 16.8 Å². The third-order valence-electron chi connectivity index (χ3n) is 5.61. The summed E-state index contributed by atoms with van der Waals surface area (Å²) in [4.78, 5) is 29.0. The van der Waals surface area contributed by atoms with Crippen molar-refractivity contribution in [1.29, 1.82) is 0 Å². The number of anilines is 5. The summed E-state index contributed by atoms with van der Waals surface area (Å²) in [5, 5.41) is 10.4. The van der Waals surface area contributed by atoms with E-state index in [1.807, 2.05) is 72.8 Å². The molecule has 0 spiro atoms. The Hall–Kier alpha value is -5.17. The number of aromatic nitrogens is 1. The molecule has 0 atom stereocenters. The molecule has 2 amide bonds. The Kier molecular flexibility index (Phi) is 6.27. The molecule has 0 bridgehead atoms. The van der Waals surface area contributed by atoms with Crippen molar-refractivity contribution in [3.8, 4) is 0 Å². The Bertz CT molecular complexity index is 1570. The Morgan fingerprint density at radius 1 is 0.639 bits per heavy atom. The van der Waals surface area contributed by atoms with Crippen LogP contribution in [0.5, 0.6) is 0 Å². The number of para-hydroxylation sites is 1. The number of benzene rings is 4. The lowest BCUT2D eigenvalue weighted by Gasteiger charge is -2.12. The van der Waals surface area contributed by atoms with Crippen molar-refractivity contribution in [2.45, 2.75) is 0 Å². The minimum Gasteiger partial charge on any atom is -0.366 e. The predicted molar refractivity (Wildman–Crippen MR) is 144 cm³/mol. The highest BCUT2D eigenvalue weighted by Gasteiger charge is 2.10.